The molecule has 2 amide bonds. The smallest absolute Gasteiger partial charge is 0.303 e. The Balaban J connectivity index is 1.55. The van der Waals surface area contributed by atoms with Crippen LogP contribution in [0.3, 0.4) is 0 Å². The van der Waals surface area contributed by atoms with Crippen molar-refractivity contribution in [3.8, 4) is 17.0 Å². The Hall–Kier alpha value is -3.67. The maximum atomic E-state index is 14.2. The van der Waals surface area contributed by atoms with Gasteiger partial charge in [0.1, 0.15) is 5.75 Å². The monoisotopic (exact) mass is 634 g/mol. The quantitative estimate of drug-likeness (QED) is 0.412. The number of aromatic nitrogens is 1. The van der Waals surface area contributed by atoms with E-state index < -0.39 is 16.1 Å². The SMILES string of the molecule is COc1ccc2c(c1)C=C(C(=O)N1C[C@@H](C)O[C@@H](C)C1)Cn1c-2c(C2CCCCC2)c2ccc(C(=O)NS(=O)(=O)N(C)C)cc21. The van der Waals surface area contributed by atoms with Gasteiger partial charge in [-0.3, -0.25) is 9.59 Å². The van der Waals surface area contributed by atoms with Gasteiger partial charge in [0.25, 0.3) is 11.8 Å². The van der Waals surface area contributed by atoms with Crippen molar-refractivity contribution in [2.24, 2.45) is 0 Å². The molecule has 1 aromatic heterocycles. The van der Waals surface area contributed by atoms with Crippen LogP contribution in [0.4, 0.5) is 0 Å². The lowest BCUT2D eigenvalue weighted by Gasteiger charge is -2.35. The molecule has 0 bridgehead atoms. The van der Waals surface area contributed by atoms with Gasteiger partial charge in [-0.1, -0.05) is 25.3 Å². The van der Waals surface area contributed by atoms with Gasteiger partial charge in [0.2, 0.25) is 0 Å². The number of morpholine rings is 1. The van der Waals surface area contributed by atoms with E-state index in [2.05, 4.69) is 15.4 Å². The first kappa shape index (κ1) is 31.3. The third-order valence-corrected chi connectivity index (χ3v) is 10.6. The van der Waals surface area contributed by atoms with Crippen molar-refractivity contribution < 1.29 is 27.5 Å². The molecule has 10 nitrogen and oxygen atoms in total. The van der Waals surface area contributed by atoms with Gasteiger partial charge in [-0.25, -0.2) is 4.72 Å². The second kappa shape index (κ2) is 12.3. The van der Waals surface area contributed by atoms with Crippen molar-refractivity contribution in [1.82, 2.24) is 18.5 Å². The van der Waals surface area contributed by atoms with Crippen LogP contribution in [0.1, 0.15) is 73.4 Å². The summed E-state index contributed by atoms with van der Waals surface area (Å²) in [7, 11) is 0.402. The van der Waals surface area contributed by atoms with Gasteiger partial charge < -0.3 is 18.9 Å². The number of benzene rings is 2. The van der Waals surface area contributed by atoms with Gasteiger partial charge in [0, 0.05) is 54.8 Å². The number of rotatable bonds is 6. The summed E-state index contributed by atoms with van der Waals surface area (Å²) >= 11 is 0. The Morgan fingerprint density at radius 1 is 1.00 bits per heavy atom. The zero-order valence-electron chi connectivity index (χ0n) is 26.6. The van der Waals surface area contributed by atoms with E-state index in [4.69, 9.17) is 9.47 Å². The highest BCUT2D eigenvalue weighted by Gasteiger charge is 2.33. The minimum atomic E-state index is -3.98. The third-order valence-electron chi connectivity index (χ3n) is 9.24. The van der Waals surface area contributed by atoms with E-state index in [1.54, 1.807) is 19.2 Å². The number of carbonyl (C=O) groups excluding carboxylic acids is 2. The van der Waals surface area contributed by atoms with Crippen LogP contribution in [0.5, 0.6) is 5.75 Å². The van der Waals surface area contributed by atoms with E-state index in [0.717, 1.165) is 57.7 Å². The summed E-state index contributed by atoms with van der Waals surface area (Å²) in [5, 5.41) is 1.02. The Labute approximate surface area is 265 Å². The molecule has 11 heteroatoms. The summed E-state index contributed by atoms with van der Waals surface area (Å²) in [4.78, 5) is 29.3. The molecular weight excluding hydrogens is 592 g/mol. The molecule has 1 aliphatic carbocycles. The summed E-state index contributed by atoms with van der Waals surface area (Å²) in [6, 6.07) is 11.4. The van der Waals surface area contributed by atoms with Gasteiger partial charge in [0.15, 0.2) is 0 Å². The maximum absolute atomic E-state index is 14.2. The van der Waals surface area contributed by atoms with Gasteiger partial charge in [-0.15, -0.1) is 0 Å². The van der Waals surface area contributed by atoms with Crippen LogP contribution in [0.2, 0.25) is 0 Å². The van der Waals surface area contributed by atoms with Crippen molar-refractivity contribution in [1.29, 1.82) is 0 Å². The summed E-state index contributed by atoms with van der Waals surface area (Å²) in [6.07, 6.45) is 7.45. The number of hydrogen-bond donors (Lipinski definition) is 1. The first-order valence-electron chi connectivity index (χ1n) is 15.7. The second-order valence-corrected chi connectivity index (χ2v) is 14.6. The van der Waals surface area contributed by atoms with Gasteiger partial charge in [-0.2, -0.15) is 12.7 Å². The van der Waals surface area contributed by atoms with Crippen LogP contribution in [-0.2, 0) is 26.3 Å². The minimum absolute atomic E-state index is 0.0503. The molecular formula is C34H42N4O6S. The molecule has 3 aromatic rings. The number of fused-ring (bicyclic) bond motifs is 5. The molecule has 0 radical (unpaired) electrons. The summed E-state index contributed by atoms with van der Waals surface area (Å²) in [5.74, 6) is 0.266. The Bertz CT molecular complexity index is 1780. The van der Waals surface area contributed by atoms with E-state index in [1.165, 1.54) is 26.1 Å². The van der Waals surface area contributed by atoms with E-state index in [9.17, 15) is 18.0 Å². The molecule has 3 aliphatic rings. The molecule has 0 spiro atoms. The molecule has 2 atom stereocenters. The summed E-state index contributed by atoms with van der Waals surface area (Å²) < 4.78 is 41.8. The lowest BCUT2D eigenvalue weighted by Crippen LogP contribution is -2.48. The standard InChI is InChI=1S/C34H42N4O6S/c1-21-18-37(19-22(2)44-21)34(40)26-15-25-16-27(43-5)12-14-28(25)32-31(23-9-7-6-8-10-23)29-13-11-24(17-30(29)38(32)20-26)33(39)35-45(41,42)36(3)4/h11-17,21-23H,6-10,18-20H2,1-5H3,(H,35,39)/t21-,22+. The highest BCUT2D eigenvalue weighted by atomic mass is 32.2. The number of carbonyl (C=O) groups is 2. The molecule has 240 valence electrons. The van der Waals surface area contributed by atoms with Crippen molar-refractivity contribution in [2.75, 3.05) is 34.3 Å². The van der Waals surface area contributed by atoms with Crippen molar-refractivity contribution in [3.63, 3.8) is 0 Å². The molecule has 2 aromatic carbocycles. The minimum Gasteiger partial charge on any atom is -0.497 e. The third kappa shape index (κ3) is 6.01. The average Bonchev–Trinajstić information content (AvgIpc) is 3.22. The predicted octanol–water partition coefficient (Wildman–Crippen LogP) is 4.93. The van der Waals surface area contributed by atoms with Crippen molar-refractivity contribution in [3.05, 3.63) is 58.7 Å². The lowest BCUT2D eigenvalue weighted by molar-refractivity contribution is -0.139. The van der Waals surface area contributed by atoms with Crippen LogP contribution in [0.15, 0.2) is 42.0 Å². The molecule has 2 aliphatic heterocycles. The summed E-state index contributed by atoms with van der Waals surface area (Å²) in [6.45, 7) is 5.27. The van der Waals surface area contributed by atoms with Gasteiger partial charge in [0.05, 0.1) is 31.6 Å². The van der Waals surface area contributed by atoms with E-state index >= 15 is 0 Å². The average molecular weight is 635 g/mol. The zero-order chi connectivity index (χ0) is 32.0. The van der Waals surface area contributed by atoms with Crippen LogP contribution in [0.25, 0.3) is 28.2 Å². The first-order chi connectivity index (χ1) is 21.5. The van der Waals surface area contributed by atoms with E-state index in [1.807, 2.05) is 43.0 Å². The fourth-order valence-corrected chi connectivity index (χ4v) is 7.66. The number of ether oxygens (including phenoxy) is 2. The molecule has 45 heavy (non-hydrogen) atoms. The number of nitrogens with one attached hydrogen (secondary N) is 1. The first-order valence-corrected chi connectivity index (χ1v) is 17.1. The normalized spacial score (nSPS) is 20.8. The Morgan fingerprint density at radius 2 is 1.71 bits per heavy atom. The highest BCUT2D eigenvalue weighted by Crippen LogP contribution is 2.47. The largest absolute Gasteiger partial charge is 0.497 e. The van der Waals surface area contributed by atoms with Crippen LogP contribution < -0.4 is 9.46 Å². The number of nitrogens with zero attached hydrogens (tertiary/aromatic N) is 3. The lowest BCUT2D eigenvalue weighted by atomic mass is 9.81. The highest BCUT2D eigenvalue weighted by molar-refractivity contribution is 7.87. The molecule has 0 unspecified atom stereocenters. The number of methoxy groups -OCH3 is 1. The van der Waals surface area contributed by atoms with Gasteiger partial charge in [-0.05, 0) is 80.1 Å². The van der Waals surface area contributed by atoms with E-state index in [-0.39, 0.29) is 23.7 Å². The maximum Gasteiger partial charge on any atom is 0.303 e. The molecule has 1 saturated heterocycles. The second-order valence-electron chi connectivity index (χ2n) is 12.7. The number of hydrogen-bond acceptors (Lipinski definition) is 6. The van der Waals surface area contributed by atoms with Crippen molar-refractivity contribution >= 4 is 39.0 Å². The van der Waals surface area contributed by atoms with Crippen LogP contribution in [0, 0.1) is 0 Å². The fraction of sp³-hybridized carbons (Fsp3) is 0.471. The molecule has 1 saturated carbocycles. The zero-order valence-corrected chi connectivity index (χ0v) is 27.4. The molecule has 2 fully saturated rings. The van der Waals surface area contributed by atoms with Crippen LogP contribution >= 0.6 is 0 Å². The fourth-order valence-electron chi connectivity index (χ4n) is 7.13. The predicted molar refractivity (Wildman–Crippen MR) is 174 cm³/mol. The molecule has 3 heterocycles. The number of amides is 2. The Kier molecular flexibility index (Phi) is 8.53. The topological polar surface area (TPSA) is 110 Å². The van der Waals surface area contributed by atoms with Gasteiger partial charge >= 0.3 is 10.2 Å². The van der Waals surface area contributed by atoms with E-state index in [0.29, 0.717) is 36.9 Å². The molecule has 6 rings (SSSR count). The van der Waals surface area contributed by atoms with Crippen molar-refractivity contribution in [2.45, 2.75) is 70.6 Å². The Morgan fingerprint density at radius 3 is 2.38 bits per heavy atom. The van der Waals surface area contributed by atoms with Crippen LogP contribution in [-0.4, -0.2) is 80.5 Å². The molecule has 1 N–H and O–H groups in total. The summed E-state index contributed by atoms with van der Waals surface area (Å²) in [5.41, 5.74) is 5.82.